The zero-order valence-electron chi connectivity index (χ0n) is 7.27. The minimum Gasteiger partial charge on any atom is -0.370 e. The number of rotatable bonds is 2. The van der Waals surface area contributed by atoms with Crippen molar-refractivity contribution in [3.05, 3.63) is 12.3 Å². The fraction of sp³-hybridized carbons (Fsp3) is 0.778. The van der Waals surface area contributed by atoms with E-state index in [1.165, 1.54) is 0 Å². The number of hydrogen-bond donors (Lipinski definition) is 1. The van der Waals surface area contributed by atoms with Gasteiger partial charge in [0.25, 0.3) is 0 Å². The molecule has 1 N–H and O–H groups in total. The Kier molecular flexibility index (Phi) is 1.83. The summed E-state index contributed by atoms with van der Waals surface area (Å²) >= 11 is 0. The minimum atomic E-state index is -1.03. The topological polar surface area (TPSA) is 15.3 Å². The SMILES string of the molecule is C=C(N1CCNCC1)C1(F)CC1. The van der Waals surface area contributed by atoms with Crippen LogP contribution in [0.5, 0.6) is 0 Å². The molecule has 1 saturated carbocycles. The number of piperazine rings is 1. The Balaban J connectivity index is 1.94. The van der Waals surface area contributed by atoms with Gasteiger partial charge in [0.05, 0.1) is 0 Å². The molecule has 2 nitrogen and oxygen atoms in total. The molecule has 0 radical (unpaired) electrons. The molecule has 0 aromatic rings. The first-order valence-corrected chi connectivity index (χ1v) is 4.56. The van der Waals surface area contributed by atoms with Crippen LogP contribution in [0.2, 0.25) is 0 Å². The van der Waals surface area contributed by atoms with Crippen LogP contribution in [-0.4, -0.2) is 36.7 Å². The first kappa shape index (κ1) is 8.05. The number of nitrogens with one attached hydrogen (secondary N) is 1. The van der Waals surface area contributed by atoms with Gasteiger partial charge in [0.15, 0.2) is 0 Å². The van der Waals surface area contributed by atoms with E-state index in [4.69, 9.17) is 0 Å². The van der Waals surface area contributed by atoms with Gasteiger partial charge in [-0.25, -0.2) is 4.39 Å². The first-order valence-electron chi connectivity index (χ1n) is 4.56. The van der Waals surface area contributed by atoms with Crippen LogP contribution in [0.1, 0.15) is 12.8 Å². The maximum atomic E-state index is 13.5. The second-order valence-electron chi connectivity index (χ2n) is 3.65. The van der Waals surface area contributed by atoms with Crippen LogP contribution in [-0.2, 0) is 0 Å². The normalized spacial score (nSPS) is 26.9. The van der Waals surface area contributed by atoms with Gasteiger partial charge in [-0.05, 0) is 12.8 Å². The molecule has 1 heterocycles. The van der Waals surface area contributed by atoms with E-state index in [0.29, 0.717) is 18.5 Å². The monoisotopic (exact) mass is 170 g/mol. The van der Waals surface area contributed by atoms with Gasteiger partial charge in [0.1, 0.15) is 5.67 Å². The van der Waals surface area contributed by atoms with E-state index in [1.54, 1.807) is 0 Å². The van der Waals surface area contributed by atoms with Crippen molar-refractivity contribution in [2.24, 2.45) is 0 Å². The van der Waals surface area contributed by atoms with E-state index in [2.05, 4.69) is 16.8 Å². The third-order valence-electron chi connectivity index (χ3n) is 2.70. The molecule has 1 aliphatic heterocycles. The van der Waals surface area contributed by atoms with Crippen LogP contribution in [0.4, 0.5) is 4.39 Å². The highest BCUT2D eigenvalue weighted by Crippen LogP contribution is 2.46. The summed E-state index contributed by atoms with van der Waals surface area (Å²) in [5.41, 5.74) is -0.318. The maximum absolute atomic E-state index is 13.5. The maximum Gasteiger partial charge on any atom is 0.150 e. The van der Waals surface area contributed by atoms with Crippen molar-refractivity contribution in [3.8, 4) is 0 Å². The molecule has 12 heavy (non-hydrogen) atoms. The van der Waals surface area contributed by atoms with Crippen LogP contribution in [0.15, 0.2) is 12.3 Å². The van der Waals surface area contributed by atoms with Crippen molar-refractivity contribution in [2.45, 2.75) is 18.5 Å². The Morgan fingerprint density at radius 2 is 1.92 bits per heavy atom. The smallest absolute Gasteiger partial charge is 0.150 e. The summed E-state index contributed by atoms with van der Waals surface area (Å²) in [6, 6.07) is 0. The van der Waals surface area contributed by atoms with Gasteiger partial charge in [-0.3, -0.25) is 0 Å². The highest BCUT2D eigenvalue weighted by atomic mass is 19.1. The van der Waals surface area contributed by atoms with Crippen LogP contribution in [0, 0.1) is 0 Å². The highest BCUT2D eigenvalue weighted by Gasteiger charge is 2.47. The van der Waals surface area contributed by atoms with Gasteiger partial charge in [-0.1, -0.05) is 6.58 Å². The zero-order chi connectivity index (χ0) is 8.60. The molecular formula is C9H15FN2. The number of nitrogens with zero attached hydrogens (tertiary/aromatic N) is 1. The second-order valence-corrected chi connectivity index (χ2v) is 3.65. The third-order valence-corrected chi connectivity index (χ3v) is 2.70. The molecule has 2 rings (SSSR count). The number of allylic oxidation sites excluding steroid dienone is 1. The Morgan fingerprint density at radius 1 is 1.33 bits per heavy atom. The Labute approximate surface area is 72.4 Å². The summed E-state index contributed by atoms with van der Waals surface area (Å²) in [5, 5.41) is 3.24. The van der Waals surface area contributed by atoms with Crippen LogP contribution in [0.25, 0.3) is 0 Å². The van der Waals surface area contributed by atoms with Gasteiger partial charge in [-0.15, -0.1) is 0 Å². The van der Waals surface area contributed by atoms with E-state index >= 15 is 0 Å². The standard InChI is InChI=1S/C9H15FN2/c1-8(9(10)2-3-9)12-6-4-11-5-7-12/h11H,1-7H2. The summed E-state index contributed by atoms with van der Waals surface area (Å²) in [5.74, 6) is 0. The second kappa shape index (κ2) is 2.73. The fourth-order valence-corrected chi connectivity index (χ4v) is 1.62. The molecule has 0 aromatic carbocycles. The van der Waals surface area contributed by atoms with Crippen molar-refractivity contribution >= 4 is 0 Å². The molecule has 0 aromatic heterocycles. The lowest BCUT2D eigenvalue weighted by Gasteiger charge is -2.32. The Hall–Kier alpha value is -0.570. The Morgan fingerprint density at radius 3 is 2.42 bits per heavy atom. The first-order chi connectivity index (χ1) is 5.72. The van der Waals surface area contributed by atoms with E-state index in [-0.39, 0.29) is 0 Å². The highest BCUT2D eigenvalue weighted by molar-refractivity contribution is 5.20. The lowest BCUT2D eigenvalue weighted by molar-refractivity contribution is 0.224. The van der Waals surface area contributed by atoms with Gasteiger partial charge in [-0.2, -0.15) is 0 Å². The van der Waals surface area contributed by atoms with Crippen molar-refractivity contribution in [1.29, 1.82) is 0 Å². The fourth-order valence-electron chi connectivity index (χ4n) is 1.62. The molecule has 0 amide bonds. The zero-order valence-corrected chi connectivity index (χ0v) is 7.27. The van der Waals surface area contributed by atoms with Crippen molar-refractivity contribution in [1.82, 2.24) is 10.2 Å². The van der Waals surface area contributed by atoms with Crippen LogP contribution >= 0.6 is 0 Å². The Bertz CT molecular complexity index is 193. The molecule has 2 aliphatic rings. The average Bonchev–Trinajstić information content (AvgIpc) is 2.85. The summed E-state index contributed by atoms with van der Waals surface area (Å²) < 4.78 is 13.5. The molecule has 68 valence electrons. The summed E-state index contributed by atoms with van der Waals surface area (Å²) in [7, 11) is 0. The van der Waals surface area contributed by atoms with Gasteiger partial charge >= 0.3 is 0 Å². The summed E-state index contributed by atoms with van der Waals surface area (Å²) in [6.45, 7) is 7.56. The quantitative estimate of drug-likeness (QED) is 0.662. The average molecular weight is 170 g/mol. The molecule has 1 aliphatic carbocycles. The predicted molar refractivity (Wildman–Crippen MR) is 46.7 cm³/mol. The van der Waals surface area contributed by atoms with E-state index in [1.807, 2.05) is 0 Å². The van der Waals surface area contributed by atoms with Gasteiger partial charge in [0, 0.05) is 31.9 Å². The molecular weight excluding hydrogens is 155 g/mol. The van der Waals surface area contributed by atoms with E-state index in [9.17, 15) is 4.39 Å². The van der Waals surface area contributed by atoms with Crippen LogP contribution < -0.4 is 5.32 Å². The van der Waals surface area contributed by atoms with Crippen molar-refractivity contribution in [3.63, 3.8) is 0 Å². The summed E-state index contributed by atoms with van der Waals surface area (Å²) in [4.78, 5) is 2.07. The van der Waals surface area contributed by atoms with Crippen molar-refractivity contribution < 1.29 is 4.39 Å². The molecule has 0 bridgehead atoms. The molecule has 0 unspecified atom stereocenters. The van der Waals surface area contributed by atoms with Crippen LogP contribution in [0.3, 0.4) is 0 Å². The number of hydrogen-bond acceptors (Lipinski definition) is 2. The molecule has 1 saturated heterocycles. The third kappa shape index (κ3) is 1.33. The lowest BCUT2D eigenvalue weighted by atomic mass is 10.2. The van der Waals surface area contributed by atoms with Gasteiger partial charge in [0.2, 0.25) is 0 Å². The van der Waals surface area contributed by atoms with Crippen molar-refractivity contribution in [2.75, 3.05) is 26.2 Å². The van der Waals surface area contributed by atoms with Gasteiger partial charge < -0.3 is 10.2 Å². The predicted octanol–water partition coefficient (Wildman–Crippen LogP) is 0.907. The van der Waals surface area contributed by atoms with E-state index < -0.39 is 5.67 Å². The number of alkyl halides is 1. The lowest BCUT2D eigenvalue weighted by Crippen LogP contribution is -2.44. The molecule has 2 fully saturated rings. The minimum absolute atomic E-state index is 0.676. The number of halogens is 1. The molecule has 3 heteroatoms. The van der Waals surface area contributed by atoms with E-state index in [0.717, 1.165) is 26.2 Å². The summed E-state index contributed by atoms with van der Waals surface area (Å²) in [6.07, 6.45) is 1.35. The molecule has 0 atom stereocenters. The largest absolute Gasteiger partial charge is 0.370 e. The molecule has 0 spiro atoms.